The minimum atomic E-state index is 0.149. The molecule has 0 aliphatic carbocycles. The summed E-state index contributed by atoms with van der Waals surface area (Å²) >= 11 is 0. The molecule has 1 rings (SSSR count). The topological polar surface area (TPSA) is 35.2 Å². The van der Waals surface area contributed by atoms with Crippen LogP contribution in [0.2, 0.25) is 0 Å². The summed E-state index contributed by atoms with van der Waals surface area (Å²) in [5.74, 6) is 1.66. The minimum Gasteiger partial charge on any atom is -0.494 e. The molecule has 96 valence electrons. The van der Waals surface area contributed by atoms with Crippen LogP contribution in [-0.4, -0.2) is 6.61 Å². The van der Waals surface area contributed by atoms with Crippen LogP contribution in [-0.2, 0) is 0 Å². The maximum absolute atomic E-state index is 6.23. The molecule has 1 unspecified atom stereocenters. The van der Waals surface area contributed by atoms with Gasteiger partial charge in [0.05, 0.1) is 6.61 Å². The van der Waals surface area contributed by atoms with Crippen LogP contribution in [0.3, 0.4) is 0 Å². The summed E-state index contributed by atoms with van der Waals surface area (Å²) in [7, 11) is 0. The molecule has 0 heterocycles. The van der Waals surface area contributed by atoms with Gasteiger partial charge in [-0.15, -0.1) is 0 Å². The average molecular weight is 235 g/mol. The predicted octanol–water partition coefficient (Wildman–Crippen LogP) is 3.91. The van der Waals surface area contributed by atoms with E-state index in [-0.39, 0.29) is 6.04 Å². The van der Waals surface area contributed by atoms with Crippen molar-refractivity contribution in [1.82, 2.24) is 0 Å². The molecule has 0 aliphatic rings. The van der Waals surface area contributed by atoms with Gasteiger partial charge in [-0.2, -0.15) is 0 Å². The molecule has 0 spiro atoms. The van der Waals surface area contributed by atoms with Crippen LogP contribution in [0.15, 0.2) is 24.3 Å². The predicted molar refractivity (Wildman–Crippen MR) is 73.2 cm³/mol. The minimum absolute atomic E-state index is 0.149. The van der Waals surface area contributed by atoms with Crippen molar-refractivity contribution in [2.24, 2.45) is 11.7 Å². The maximum Gasteiger partial charge on any atom is 0.119 e. The van der Waals surface area contributed by atoms with E-state index < -0.39 is 0 Å². The molecule has 0 aliphatic heterocycles. The Morgan fingerprint density at radius 3 is 2.12 bits per heavy atom. The van der Waals surface area contributed by atoms with Crippen molar-refractivity contribution in [2.45, 2.75) is 46.1 Å². The third kappa shape index (κ3) is 4.39. The fourth-order valence-corrected chi connectivity index (χ4v) is 2.10. The second-order valence-electron chi connectivity index (χ2n) is 4.53. The zero-order chi connectivity index (χ0) is 12.7. The molecule has 1 aromatic rings. The van der Waals surface area contributed by atoms with Gasteiger partial charge in [-0.25, -0.2) is 0 Å². The third-order valence-electron chi connectivity index (χ3n) is 3.36. The van der Waals surface area contributed by atoms with Gasteiger partial charge in [-0.05, 0) is 37.0 Å². The zero-order valence-electron chi connectivity index (χ0n) is 11.3. The number of rotatable bonds is 7. The molecule has 1 atom stereocenters. The second kappa shape index (κ2) is 7.33. The molecule has 0 radical (unpaired) electrons. The van der Waals surface area contributed by atoms with Crippen molar-refractivity contribution in [1.29, 1.82) is 0 Å². The summed E-state index contributed by atoms with van der Waals surface area (Å²) in [5.41, 5.74) is 7.44. The first-order valence-corrected chi connectivity index (χ1v) is 6.69. The van der Waals surface area contributed by atoms with E-state index in [4.69, 9.17) is 10.5 Å². The molecule has 0 bridgehead atoms. The number of nitrogens with two attached hydrogens (primary N) is 1. The Hall–Kier alpha value is -1.02. The Bertz CT molecular complexity index is 303. The van der Waals surface area contributed by atoms with E-state index in [9.17, 15) is 0 Å². The van der Waals surface area contributed by atoms with Gasteiger partial charge in [-0.3, -0.25) is 0 Å². The molecule has 2 heteroatoms. The Labute approximate surface area is 105 Å². The summed E-state index contributed by atoms with van der Waals surface area (Å²) in [4.78, 5) is 0. The summed E-state index contributed by atoms with van der Waals surface area (Å²) in [6, 6.07) is 8.32. The molecule has 2 N–H and O–H groups in total. The van der Waals surface area contributed by atoms with Gasteiger partial charge >= 0.3 is 0 Å². The normalized spacial score (nSPS) is 12.8. The summed E-state index contributed by atoms with van der Waals surface area (Å²) in [6.45, 7) is 7.17. The van der Waals surface area contributed by atoms with Crippen LogP contribution in [0.5, 0.6) is 5.75 Å². The lowest BCUT2D eigenvalue weighted by molar-refractivity contribution is 0.340. The van der Waals surface area contributed by atoms with E-state index in [0.717, 1.165) is 18.1 Å². The molecule has 0 fully saturated rings. The molecular weight excluding hydrogens is 210 g/mol. The van der Waals surface area contributed by atoms with Crippen molar-refractivity contribution in [3.05, 3.63) is 29.8 Å². The lowest BCUT2D eigenvalue weighted by atomic mass is 9.92. The highest BCUT2D eigenvalue weighted by molar-refractivity contribution is 5.29. The molecule has 17 heavy (non-hydrogen) atoms. The quantitative estimate of drug-likeness (QED) is 0.777. The largest absolute Gasteiger partial charge is 0.494 e. The average Bonchev–Trinajstić information content (AvgIpc) is 2.37. The van der Waals surface area contributed by atoms with Crippen LogP contribution in [0.25, 0.3) is 0 Å². The monoisotopic (exact) mass is 235 g/mol. The van der Waals surface area contributed by atoms with Gasteiger partial charge in [0.15, 0.2) is 0 Å². The van der Waals surface area contributed by atoms with Gasteiger partial charge in [0.2, 0.25) is 0 Å². The number of hydrogen-bond acceptors (Lipinski definition) is 2. The summed E-state index contributed by atoms with van der Waals surface area (Å²) in [6.07, 6.45) is 3.49. The third-order valence-corrected chi connectivity index (χ3v) is 3.36. The standard InChI is InChI=1S/C15H25NO/c1-4-12(5-2)11-15(16)13-7-9-14(10-8-13)17-6-3/h7-10,12,15H,4-6,11,16H2,1-3H3. The molecule has 0 saturated heterocycles. The first kappa shape index (κ1) is 14.0. The maximum atomic E-state index is 6.23. The Morgan fingerprint density at radius 1 is 1.06 bits per heavy atom. The van der Waals surface area contributed by atoms with Crippen molar-refractivity contribution >= 4 is 0 Å². The van der Waals surface area contributed by atoms with Crippen LogP contribution < -0.4 is 10.5 Å². The fraction of sp³-hybridized carbons (Fsp3) is 0.600. The van der Waals surface area contributed by atoms with Crippen molar-refractivity contribution in [3.63, 3.8) is 0 Å². The molecule has 0 aromatic heterocycles. The SMILES string of the molecule is CCOc1ccc(C(N)CC(CC)CC)cc1. The van der Waals surface area contributed by atoms with Gasteiger partial charge < -0.3 is 10.5 Å². The first-order chi connectivity index (χ1) is 8.21. The van der Waals surface area contributed by atoms with Crippen molar-refractivity contribution < 1.29 is 4.74 Å². The van der Waals surface area contributed by atoms with Gasteiger partial charge in [0, 0.05) is 6.04 Å². The first-order valence-electron chi connectivity index (χ1n) is 6.69. The van der Waals surface area contributed by atoms with Crippen molar-refractivity contribution in [3.8, 4) is 5.75 Å². The van der Waals surface area contributed by atoms with Crippen LogP contribution >= 0.6 is 0 Å². The molecule has 0 saturated carbocycles. The number of benzene rings is 1. The highest BCUT2D eigenvalue weighted by Gasteiger charge is 2.12. The fourth-order valence-electron chi connectivity index (χ4n) is 2.10. The molecule has 1 aromatic carbocycles. The Balaban J connectivity index is 2.59. The molecule has 2 nitrogen and oxygen atoms in total. The van der Waals surface area contributed by atoms with E-state index in [1.54, 1.807) is 0 Å². The van der Waals surface area contributed by atoms with Gasteiger partial charge in [0.25, 0.3) is 0 Å². The van der Waals surface area contributed by atoms with E-state index in [1.807, 2.05) is 19.1 Å². The highest BCUT2D eigenvalue weighted by Crippen LogP contribution is 2.24. The van der Waals surface area contributed by atoms with Crippen LogP contribution in [0, 0.1) is 5.92 Å². The van der Waals surface area contributed by atoms with Gasteiger partial charge in [-0.1, -0.05) is 38.8 Å². The summed E-state index contributed by atoms with van der Waals surface area (Å²) < 4.78 is 5.42. The van der Waals surface area contributed by atoms with E-state index in [1.165, 1.54) is 18.4 Å². The molecular formula is C15H25NO. The summed E-state index contributed by atoms with van der Waals surface area (Å²) in [5, 5.41) is 0. The van der Waals surface area contributed by atoms with E-state index >= 15 is 0 Å². The van der Waals surface area contributed by atoms with Crippen LogP contribution in [0.4, 0.5) is 0 Å². The number of ether oxygens (including phenoxy) is 1. The van der Waals surface area contributed by atoms with Crippen LogP contribution in [0.1, 0.15) is 51.6 Å². The smallest absolute Gasteiger partial charge is 0.119 e. The second-order valence-corrected chi connectivity index (χ2v) is 4.53. The van der Waals surface area contributed by atoms with E-state index in [0.29, 0.717) is 6.61 Å². The highest BCUT2D eigenvalue weighted by atomic mass is 16.5. The lowest BCUT2D eigenvalue weighted by Crippen LogP contribution is -2.14. The number of hydrogen-bond donors (Lipinski definition) is 1. The lowest BCUT2D eigenvalue weighted by Gasteiger charge is -2.18. The van der Waals surface area contributed by atoms with E-state index in [2.05, 4.69) is 26.0 Å². The van der Waals surface area contributed by atoms with Gasteiger partial charge in [0.1, 0.15) is 5.75 Å². The zero-order valence-corrected chi connectivity index (χ0v) is 11.3. The molecule has 0 amide bonds. The Morgan fingerprint density at radius 2 is 1.65 bits per heavy atom. The van der Waals surface area contributed by atoms with Crippen molar-refractivity contribution in [2.75, 3.05) is 6.61 Å². The Kier molecular flexibility index (Phi) is 6.06.